The molecule has 2 aromatic rings. The average molecular weight is 297 g/mol. The molecule has 1 atom stereocenters. The van der Waals surface area contributed by atoms with Crippen LogP contribution in [0.4, 0.5) is 5.69 Å². The van der Waals surface area contributed by atoms with Crippen LogP contribution in [0.2, 0.25) is 0 Å². The van der Waals surface area contributed by atoms with Crippen molar-refractivity contribution in [3.8, 4) is 6.07 Å². The maximum atomic E-state index is 12.6. The molecule has 5 nitrogen and oxygen atoms in total. The Hall–Kier alpha value is -2.61. The van der Waals surface area contributed by atoms with Crippen molar-refractivity contribution in [2.24, 2.45) is 0 Å². The number of nitriles is 1. The molecule has 0 bridgehead atoms. The lowest BCUT2D eigenvalue weighted by molar-refractivity contribution is -0.118. The van der Waals surface area contributed by atoms with Gasteiger partial charge in [-0.25, -0.2) is 0 Å². The summed E-state index contributed by atoms with van der Waals surface area (Å²) in [7, 11) is 0. The van der Waals surface area contributed by atoms with E-state index in [9.17, 15) is 10.1 Å². The molecule has 1 aromatic heterocycles. The number of benzene rings is 1. The molecule has 114 valence electrons. The summed E-state index contributed by atoms with van der Waals surface area (Å²) in [6, 6.07) is 11.7. The molecule has 22 heavy (non-hydrogen) atoms. The lowest BCUT2D eigenvalue weighted by Gasteiger charge is -2.22. The van der Waals surface area contributed by atoms with E-state index in [0.717, 1.165) is 11.3 Å². The standard InChI is InChI=1S/C17H19N3O2/c1-4-20(15-8-6-5-7-9-15)16(21)10-14(11-18)17-12(2)19-22-13(17)3/h5-9,14H,4,10H2,1-3H3. The third kappa shape index (κ3) is 3.17. The van der Waals surface area contributed by atoms with Crippen LogP contribution in [0.25, 0.3) is 0 Å². The highest BCUT2D eigenvalue weighted by Gasteiger charge is 2.25. The molecule has 1 heterocycles. The Morgan fingerprint density at radius 2 is 2.05 bits per heavy atom. The van der Waals surface area contributed by atoms with Crippen molar-refractivity contribution >= 4 is 11.6 Å². The average Bonchev–Trinajstić information content (AvgIpc) is 2.86. The predicted molar refractivity (Wildman–Crippen MR) is 83.4 cm³/mol. The Balaban J connectivity index is 2.21. The highest BCUT2D eigenvalue weighted by Crippen LogP contribution is 2.27. The van der Waals surface area contributed by atoms with E-state index in [1.807, 2.05) is 37.3 Å². The maximum absolute atomic E-state index is 12.6. The Labute approximate surface area is 130 Å². The van der Waals surface area contributed by atoms with Crippen molar-refractivity contribution in [3.63, 3.8) is 0 Å². The molecule has 0 N–H and O–H groups in total. The number of carbonyl (C=O) groups is 1. The van der Waals surface area contributed by atoms with E-state index < -0.39 is 5.92 Å². The van der Waals surface area contributed by atoms with Crippen molar-refractivity contribution < 1.29 is 9.32 Å². The smallest absolute Gasteiger partial charge is 0.228 e. The van der Waals surface area contributed by atoms with Crippen LogP contribution in [0.3, 0.4) is 0 Å². The molecular formula is C17H19N3O2. The van der Waals surface area contributed by atoms with Gasteiger partial charge in [0.05, 0.1) is 17.7 Å². The van der Waals surface area contributed by atoms with Gasteiger partial charge in [-0.1, -0.05) is 23.4 Å². The molecule has 0 aliphatic rings. The fourth-order valence-corrected chi connectivity index (χ4v) is 2.60. The number of aryl methyl sites for hydroxylation is 2. The van der Waals surface area contributed by atoms with E-state index in [2.05, 4.69) is 11.2 Å². The van der Waals surface area contributed by atoms with E-state index in [1.165, 1.54) is 0 Å². The highest BCUT2D eigenvalue weighted by atomic mass is 16.5. The predicted octanol–water partition coefficient (Wildman–Crippen LogP) is 3.34. The van der Waals surface area contributed by atoms with E-state index >= 15 is 0 Å². The van der Waals surface area contributed by atoms with Crippen molar-refractivity contribution in [1.82, 2.24) is 5.16 Å². The number of carbonyl (C=O) groups excluding carboxylic acids is 1. The first-order valence-electron chi connectivity index (χ1n) is 7.26. The summed E-state index contributed by atoms with van der Waals surface area (Å²) < 4.78 is 5.11. The van der Waals surface area contributed by atoms with Gasteiger partial charge >= 0.3 is 0 Å². The van der Waals surface area contributed by atoms with Crippen molar-refractivity contribution in [2.45, 2.75) is 33.1 Å². The number of rotatable bonds is 5. The second kappa shape index (κ2) is 6.90. The summed E-state index contributed by atoms with van der Waals surface area (Å²) in [5.41, 5.74) is 2.23. The minimum absolute atomic E-state index is 0.0831. The number of para-hydroxylation sites is 1. The molecular weight excluding hydrogens is 278 g/mol. The monoisotopic (exact) mass is 297 g/mol. The first-order chi connectivity index (χ1) is 10.6. The third-order valence-electron chi connectivity index (χ3n) is 3.66. The van der Waals surface area contributed by atoms with Gasteiger partial charge in [0.15, 0.2) is 0 Å². The van der Waals surface area contributed by atoms with Crippen LogP contribution in [0, 0.1) is 25.2 Å². The molecule has 0 saturated heterocycles. The fraction of sp³-hybridized carbons (Fsp3) is 0.353. The van der Waals surface area contributed by atoms with Gasteiger partial charge in [0.2, 0.25) is 5.91 Å². The summed E-state index contributed by atoms with van der Waals surface area (Å²) in [5.74, 6) is -0.0311. The van der Waals surface area contributed by atoms with E-state index in [0.29, 0.717) is 18.0 Å². The Kier molecular flexibility index (Phi) is 4.95. The van der Waals surface area contributed by atoms with Gasteiger partial charge in [-0.2, -0.15) is 5.26 Å². The van der Waals surface area contributed by atoms with E-state index in [1.54, 1.807) is 18.7 Å². The van der Waals surface area contributed by atoms with Gasteiger partial charge in [0, 0.05) is 24.2 Å². The SMILES string of the molecule is CCN(C(=O)CC(C#N)c1c(C)noc1C)c1ccccc1. The van der Waals surface area contributed by atoms with Crippen LogP contribution in [0.5, 0.6) is 0 Å². The molecule has 5 heteroatoms. The topological polar surface area (TPSA) is 70.1 Å². The van der Waals surface area contributed by atoms with Crippen molar-refractivity contribution in [2.75, 3.05) is 11.4 Å². The summed E-state index contributed by atoms with van der Waals surface area (Å²) in [4.78, 5) is 14.3. The van der Waals surface area contributed by atoms with Gasteiger partial charge in [-0.3, -0.25) is 4.79 Å². The van der Waals surface area contributed by atoms with Gasteiger partial charge in [-0.15, -0.1) is 0 Å². The normalized spacial score (nSPS) is 11.7. The molecule has 1 unspecified atom stereocenters. The van der Waals surface area contributed by atoms with Gasteiger partial charge in [0.25, 0.3) is 0 Å². The summed E-state index contributed by atoms with van der Waals surface area (Å²) in [6.45, 7) is 6.03. The maximum Gasteiger partial charge on any atom is 0.228 e. The number of aromatic nitrogens is 1. The first kappa shape index (κ1) is 15.8. The number of anilines is 1. The number of hydrogen-bond acceptors (Lipinski definition) is 4. The van der Waals surface area contributed by atoms with Crippen LogP contribution < -0.4 is 4.90 Å². The number of nitrogens with zero attached hydrogens (tertiary/aromatic N) is 3. The van der Waals surface area contributed by atoms with Gasteiger partial charge in [0.1, 0.15) is 5.76 Å². The molecule has 0 radical (unpaired) electrons. The second-order valence-corrected chi connectivity index (χ2v) is 5.10. The zero-order valence-corrected chi connectivity index (χ0v) is 13.0. The minimum Gasteiger partial charge on any atom is -0.361 e. The molecule has 0 aliphatic carbocycles. The van der Waals surface area contributed by atoms with Crippen molar-refractivity contribution in [1.29, 1.82) is 5.26 Å². The van der Waals surface area contributed by atoms with Gasteiger partial charge < -0.3 is 9.42 Å². The number of amides is 1. The van der Waals surface area contributed by atoms with Crippen LogP contribution >= 0.6 is 0 Å². The van der Waals surface area contributed by atoms with E-state index in [4.69, 9.17) is 4.52 Å². The molecule has 1 aromatic carbocycles. The molecule has 0 spiro atoms. The zero-order valence-electron chi connectivity index (χ0n) is 13.0. The Morgan fingerprint density at radius 3 is 2.55 bits per heavy atom. The van der Waals surface area contributed by atoms with Crippen LogP contribution in [0.15, 0.2) is 34.9 Å². The molecule has 0 saturated carbocycles. The lowest BCUT2D eigenvalue weighted by Crippen LogP contribution is -2.31. The molecule has 2 rings (SSSR count). The third-order valence-corrected chi connectivity index (χ3v) is 3.66. The van der Waals surface area contributed by atoms with Gasteiger partial charge in [-0.05, 0) is 32.9 Å². The van der Waals surface area contributed by atoms with Crippen LogP contribution in [-0.4, -0.2) is 17.6 Å². The first-order valence-corrected chi connectivity index (χ1v) is 7.26. The Morgan fingerprint density at radius 1 is 1.36 bits per heavy atom. The lowest BCUT2D eigenvalue weighted by atomic mass is 9.95. The quantitative estimate of drug-likeness (QED) is 0.848. The Bertz CT molecular complexity index is 666. The second-order valence-electron chi connectivity index (χ2n) is 5.10. The van der Waals surface area contributed by atoms with Crippen molar-refractivity contribution in [3.05, 3.63) is 47.3 Å². The highest BCUT2D eigenvalue weighted by molar-refractivity contribution is 5.94. The van der Waals surface area contributed by atoms with Crippen LogP contribution in [0.1, 0.15) is 36.3 Å². The zero-order chi connectivity index (χ0) is 16.1. The fourth-order valence-electron chi connectivity index (χ4n) is 2.60. The molecule has 0 aliphatic heterocycles. The van der Waals surface area contributed by atoms with E-state index in [-0.39, 0.29) is 12.3 Å². The largest absolute Gasteiger partial charge is 0.361 e. The van der Waals surface area contributed by atoms with Crippen LogP contribution in [-0.2, 0) is 4.79 Å². The minimum atomic E-state index is -0.545. The summed E-state index contributed by atoms with van der Waals surface area (Å²) in [6.07, 6.45) is 0.113. The summed E-state index contributed by atoms with van der Waals surface area (Å²) >= 11 is 0. The number of hydrogen-bond donors (Lipinski definition) is 0. The molecule has 0 fully saturated rings. The summed E-state index contributed by atoms with van der Waals surface area (Å²) in [5, 5.41) is 13.3. The molecule has 1 amide bonds.